The first-order valence-electron chi connectivity index (χ1n) is 7.81. The molecule has 2 aliphatic heterocycles. The largest absolute Gasteiger partial charge is 0.384 e. The zero-order chi connectivity index (χ0) is 16.7. The fourth-order valence-corrected chi connectivity index (χ4v) is 5.60. The minimum atomic E-state index is -3.65. The van der Waals surface area contributed by atoms with Crippen molar-refractivity contribution in [2.75, 3.05) is 46.9 Å². The van der Waals surface area contributed by atoms with E-state index in [2.05, 4.69) is 11.9 Å². The van der Waals surface area contributed by atoms with Gasteiger partial charge in [0.1, 0.15) is 5.82 Å². The van der Waals surface area contributed by atoms with Crippen LogP contribution in [-0.4, -0.2) is 64.6 Å². The molecular weight excluding hydrogens is 319 g/mol. The Labute approximate surface area is 137 Å². The standard InChI is InChI=1S/C16H23FN2O3S/c1-18-9-13(10-22-2)16(11-18)6-7-19(12-16)23(20,21)15-5-3-4-14(17)8-15/h3-5,8,13H,6-7,9-12H2,1-2H3/t13-,16-/m1/s1. The lowest BCUT2D eigenvalue weighted by Gasteiger charge is -2.30. The zero-order valence-electron chi connectivity index (χ0n) is 13.5. The number of benzene rings is 1. The van der Waals surface area contributed by atoms with Crippen LogP contribution in [0.2, 0.25) is 0 Å². The molecule has 2 aliphatic rings. The highest BCUT2D eigenvalue weighted by Gasteiger charge is 2.51. The lowest BCUT2D eigenvalue weighted by Crippen LogP contribution is -2.38. The van der Waals surface area contributed by atoms with Crippen molar-refractivity contribution in [1.29, 1.82) is 0 Å². The highest BCUT2D eigenvalue weighted by Crippen LogP contribution is 2.44. The molecule has 3 rings (SSSR count). The normalized spacial score (nSPS) is 29.6. The van der Waals surface area contributed by atoms with E-state index < -0.39 is 15.8 Å². The molecule has 2 atom stereocenters. The van der Waals surface area contributed by atoms with Crippen molar-refractivity contribution in [3.63, 3.8) is 0 Å². The molecule has 0 N–H and O–H groups in total. The Kier molecular flexibility index (Phi) is 4.48. The van der Waals surface area contributed by atoms with Crippen LogP contribution in [0.25, 0.3) is 0 Å². The van der Waals surface area contributed by atoms with Crippen LogP contribution in [0.15, 0.2) is 29.2 Å². The molecule has 1 aromatic carbocycles. The Hall–Kier alpha value is -1.02. The molecule has 0 unspecified atom stereocenters. The average Bonchev–Trinajstić information content (AvgIpc) is 3.05. The summed E-state index contributed by atoms with van der Waals surface area (Å²) in [6, 6.07) is 5.24. The maximum atomic E-state index is 13.4. The molecule has 23 heavy (non-hydrogen) atoms. The Morgan fingerprint density at radius 1 is 1.39 bits per heavy atom. The lowest BCUT2D eigenvalue weighted by molar-refractivity contribution is 0.101. The summed E-state index contributed by atoms with van der Waals surface area (Å²) in [7, 11) is 0.0930. The Bertz CT molecular complexity index is 682. The number of hydrogen-bond donors (Lipinski definition) is 0. The van der Waals surface area contributed by atoms with Gasteiger partial charge in [0.05, 0.1) is 11.5 Å². The minimum Gasteiger partial charge on any atom is -0.384 e. The quantitative estimate of drug-likeness (QED) is 0.830. The van der Waals surface area contributed by atoms with E-state index in [1.807, 2.05) is 0 Å². The fraction of sp³-hybridized carbons (Fsp3) is 0.625. The third-order valence-corrected chi connectivity index (χ3v) is 6.98. The highest BCUT2D eigenvalue weighted by molar-refractivity contribution is 7.89. The van der Waals surface area contributed by atoms with Crippen LogP contribution in [0.3, 0.4) is 0 Å². The van der Waals surface area contributed by atoms with Gasteiger partial charge in [-0.25, -0.2) is 12.8 Å². The number of ether oxygens (including phenoxy) is 1. The van der Waals surface area contributed by atoms with Crippen LogP contribution in [0.1, 0.15) is 6.42 Å². The summed E-state index contributed by atoms with van der Waals surface area (Å²) in [5.41, 5.74) is -0.0643. The van der Waals surface area contributed by atoms with Gasteiger partial charge in [0, 0.05) is 44.6 Å². The summed E-state index contributed by atoms with van der Waals surface area (Å²) in [6.45, 7) is 3.38. The van der Waals surface area contributed by atoms with Gasteiger partial charge in [0.2, 0.25) is 10.0 Å². The predicted octanol–water partition coefficient (Wildman–Crippen LogP) is 1.41. The lowest BCUT2D eigenvalue weighted by atomic mass is 9.78. The first-order chi connectivity index (χ1) is 10.9. The van der Waals surface area contributed by atoms with Crippen molar-refractivity contribution in [2.45, 2.75) is 11.3 Å². The monoisotopic (exact) mass is 342 g/mol. The van der Waals surface area contributed by atoms with Crippen LogP contribution in [0.5, 0.6) is 0 Å². The topological polar surface area (TPSA) is 49.9 Å². The average molecular weight is 342 g/mol. The second kappa shape index (κ2) is 6.12. The number of hydrogen-bond acceptors (Lipinski definition) is 4. The second-order valence-electron chi connectivity index (χ2n) is 6.76. The summed E-state index contributed by atoms with van der Waals surface area (Å²) in [4.78, 5) is 2.27. The van der Waals surface area contributed by atoms with Crippen molar-refractivity contribution in [3.8, 4) is 0 Å². The van der Waals surface area contributed by atoms with Gasteiger partial charge in [-0.3, -0.25) is 0 Å². The molecule has 7 heteroatoms. The number of rotatable bonds is 4. The van der Waals surface area contributed by atoms with Gasteiger partial charge >= 0.3 is 0 Å². The van der Waals surface area contributed by atoms with Crippen LogP contribution >= 0.6 is 0 Å². The van der Waals surface area contributed by atoms with Crippen LogP contribution in [0.4, 0.5) is 4.39 Å². The number of sulfonamides is 1. The van der Waals surface area contributed by atoms with Gasteiger partial charge < -0.3 is 9.64 Å². The molecule has 2 saturated heterocycles. The van der Waals surface area contributed by atoms with Crippen LogP contribution in [-0.2, 0) is 14.8 Å². The zero-order valence-corrected chi connectivity index (χ0v) is 14.4. The maximum Gasteiger partial charge on any atom is 0.243 e. The van der Waals surface area contributed by atoms with Gasteiger partial charge in [0.25, 0.3) is 0 Å². The minimum absolute atomic E-state index is 0.0317. The van der Waals surface area contributed by atoms with E-state index in [0.29, 0.717) is 25.6 Å². The molecule has 0 bridgehead atoms. The molecule has 0 aromatic heterocycles. The van der Waals surface area contributed by atoms with Gasteiger partial charge in [-0.05, 0) is 31.7 Å². The van der Waals surface area contributed by atoms with Gasteiger partial charge in [-0.15, -0.1) is 0 Å². The van der Waals surface area contributed by atoms with Gasteiger partial charge in [-0.1, -0.05) is 6.07 Å². The summed E-state index contributed by atoms with van der Waals surface area (Å²) in [5.74, 6) is -0.206. The molecule has 1 spiro atoms. The SMILES string of the molecule is COC[C@H]1CN(C)C[C@@]12CCN(S(=O)(=O)c1cccc(F)c1)C2. The smallest absolute Gasteiger partial charge is 0.243 e. The Balaban J connectivity index is 1.84. The molecule has 0 radical (unpaired) electrons. The number of nitrogens with zero attached hydrogens (tertiary/aromatic N) is 2. The molecular formula is C16H23FN2O3S. The first kappa shape index (κ1) is 16.8. The second-order valence-corrected chi connectivity index (χ2v) is 8.70. The van der Waals surface area contributed by atoms with Crippen LogP contribution in [0, 0.1) is 17.2 Å². The van der Waals surface area contributed by atoms with Crippen molar-refractivity contribution >= 4 is 10.0 Å². The summed E-state index contributed by atoms with van der Waals surface area (Å²) >= 11 is 0. The molecule has 0 aliphatic carbocycles. The van der Waals surface area contributed by atoms with Crippen molar-refractivity contribution in [1.82, 2.24) is 9.21 Å². The molecule has 0 amide bonds. The highest BCUT2D eigenvalue weighted by atomic mass is 32.2. The molecule has 5 nitrogen and oxygen atoms in total. The van der Waals surface area contributed by atoms with Gasteiger partial charge in [0.15, 0.2) is 0 Å². The summed E-state index contributed by atoms with van der Waals surface area (Å²) in [6.07, 6.45) is 0.819. The Morgan fingerprint density at radius 3 is 2.87 bits per heavy atom. The molecule has 128 valence electrons. The maximum absolute atomic E-state index is 13.4. The summed E-state index contributed by atoms with van der Waals surface area (Å²) < 4.78 is 45.8. The number of halogens is 1. The van der Waals surface area contributed by atoms with E-state index in [1.165, 1.54) is 22.5 Å². The molecule has 0 saturated carbocycles. The third-order valence-electron chi connectivity index (χ3n) is 5.13. The molecule has 2 fully saturated rings. The summed E-state index contributed by atoms with van der Waals surface area (Å²) in [5, 5.41) is 0. The van der Waals surface area contributed by atoms with Crippen molar-refractivity contribution in [3.05, 3.63) is 30.1 Å². The molecule has 2 heterocycles. The Morgan fingerprint density at radius 2 is 2.17 bits per heavy atom. The fourth-order valence-electron chi connectivity index (χ4n) is 4.03. The van der Waals surface area contributed by atoms with E-state index >= 15 is 0 Å². The predicted molar refractivity (Wildman–Crippen MR) is 85.1 cm³/mol. The number of likely N-dealkylation sites (tertiary alicyclic amines) is 1. The van der Waals surface area contributed by atoms with Crippen LogP contribution < -0.4 is 0 Å². The van der Waals surface area contributed by atoms with E-state index in [0.717, 1.165) is 25.6 Å². The first-order valence-corrected chi connectivity index (χ1v) is 9.25. The number of methoxy groups -OCH3 is 1. The van der Waals surface area contributed by atoms with E-state index in [-0.39, 0.29) is 10.3 Å². The van der Waals surface area contributed by atoms with E-state index in [4.69, 9.17) is 4.74 Å². The van der Waals surface area contributed by atoms with E-state index in [9.17, 15) is 12.8 Å². The molecule has 1 aromatic rings. The van der Waals surface area contributed by atoms with Crippen molar-refractivity contribution in [2.24, 2.45) is 11.3 Å². The van der Waals surface area contributed by atoms with Crippen molar-refractivity contribution < 1.29 is 17.5 Å². The third kappa shape index (κ3) is 3.03. The van der Waals surface area contributed by atoms with Gasteiger partial charge in [-0.2, -0.15) is 4.31 Å². The van der Waals surface area contributed by atoms with E-state index in [1.54, 1.807) is 7.11 Å².